The molecular formula is C24H30Cl2N4O3S. The van der Waals surface area contributed by atoms with Crippen molar-refractivity contribution in [1.29, 1.82) is 5.41 Å². The van der Waals surface area contributed by atoms with Gasteiger partial charge in [0.05, 0.1) is 18.0 Å². The minimum Gasteiger partial charge on any atom is -0.489 e. The molecule has 4 N–H and O–H groups in total. The first-order valence-electron chi connectivity index (χ1n) is 10.7. The summed E-state index contributed by atoms with van der Waals surface area (Å²) in [7, 11) is -3.49. The summed E-state index contributed by atoms with van der Waals surface area (Å²) in [4.78, 5) is 0. The van der Waals surface area contributed by atoms with Crippen molar-refractivity contribution in [3.63, 3.8) is 0 Å². The number of nitrogens with zero attached hydrogens (tertiary/aromatic N) is 1. The van der Waals surface area contributed by atoms with Crippen molar-refractivity contribution in [1.82, 2.24) is 5.32 Å². The molecule has 3 aromatic carbocycles. The Morgan fingerprint density at radius 3 is 2.41 bits per heavy atom. The van der Waals surface area contributed by atoms with Gasteiger partial charge >= 0.3 is 0 Å². The van der Waals surface area contributed by atoms with Gasteiger partial charge in [-0.15, -0.1) is 24.8 Å². The van der Waals surface area contributed by atoms with Gasteiger partial charge in [-0.25, -0.2) is 8.42 Å². The van der Waals surface area contributed by atoms with E-state index in [0.29, 0.717) is 11.3 Å². The Balaban J connectivity index is 0.00000204. The molecule has 0 saturated carbocycles. The van der Waals surface area contributed by atoms with Crippen LogP contribution in [0.5, 0.6) is 5.75 Å². The van der Waals surface area contributed by atoms with Crippen LogP contribution in [0.15, 0.2) is 60.7 Å². The molecule has 184 valence electrons. The summed E-state index contributed by atoms with van der Waals surface area (Å²) >= 11 is 0. The van der Waals surface area contributed by atoms with Crippen LogP contribution in [0.3, 0.4) is 0 Å². The largest absolute Gasteiger partial charge is 0.489 e. The number of hydrogen-bond donors (Lipinski definition) is 3. The molecule has 3 aromatic rings. The molecule has 1 atom stereocenters. The number of halogens is 2. The molecule has 34 heavy (non-hydrogen) atoms. The van der Waals surface area contributed by atoms with E-state index in [2.05, 4.69) is 5.32 Å². The molecule has 1 saturated heterocycles. The van der Waals surface area contributed by atoms with E-state index in [1.54, 1.807) is 19.1 Å². The standard InChI is InChI=1S/C24H28N4O3S.2ClH/c1-2-32(29,30)28(21-7-9-22(10-8-21)31-23-11-12-27-15-23)16-17-3-4-18-5-6-19(24(25)26)14-20(18)13-17;;/h3-10,13-14,23,27H,2,11-12,15-16H2,1H3,(H3,25,26);2*1H. The lowest BCUT2D eigenvalue weighted by Gasteiger charge is -2.24. The summed E-state index contributed by atoms with van der Waals surface area (Å²) < 4.78 is 33.2. The van der Waals surface area contributed by atoms with Crippen LogP contribution >= 0.6 is 24.8 Å². The SMILES string of the molecule is CCS(=O)(=O)N(Cc1ccc2ccc(C(=N)N)cc2c1)c1ccc(OC2CCNC2)cc1.Cl.Cl. The van der Waals surface area contributed by atoms with Crippen molar-refractivity contribution in [2.24, 2.45) is 5.73 Å². The average molecular weight is 526 g/mol. The van der Waals surface area contributed by atoms with Gasteiger partial charge in [-0.2, -0.15) is 0 Å². The van der Waals surface area contributed by atoms with Gasteiger partial charge in [-0.1, -0.05) is 24.3 Å². The number of nitrogens with two attached hydrogens (primary N) is 1. The Hall–Kier alpha value is -2.52. The molecule has 1 aliphatic heterocycles. The molecule has 0 radical (unpaired) electrons. The number of rotatable bonds is 8. The van der Waals surface area contributed by atoms with Crippen LogP contribution in [0.1, 0.15) is 24.5 Å². The highest BCUT2D eigenvalue weighted by molar-refractivity contribution is 7.92. The van der Waals surface area contributed by atoms with E-state index in [4.69, 9.17) is 15.9 Å². The highest BCUT2D eigenvalue weighted by Crippen LogP contribution is 2.27. The van der Waals surface area contributed by atoms with E-state index in [1.165, 1.54) is 4.31 Å². The zero-order valence-electron chi connectivity index (χ0n) is 18.9. The Bertz CT molecular complexity index is 1230. The number of nitrogens with one attached hydrogen (secondary N) is 2. The molecule has 4 rings (SSSR count). The highest BCUT2D eigenvalue weighted by atomic mass is 35.5. The van der Waals surface area contributed by atoms with E-state index in [0.717, 1.165) is 41.6 Å². The monoisotopic (exact) mass is 524 g/mol. The maximum atomic E-state index is 12.9. The van der Waals surface area contributed by atoms with Crippen LogP contribution in [0.4, 0.5) is 5.69 Å². The number of ether oxygens (including phenoxy) is 1. The topological polar surface area (TPSA) is 109 Å². The van der Waals surface area contributed by atoms with Crippen molar-refractivity contribution in [2.45, 2.75) is 26.0 Å². The first-order valence-corrected chi connectivity index (χ1v) is 12.3. The van der Waals surface area contributed by atoms with Gasteiger partial charge in [0, 0.05) is 12.1 Å². The molecule has 7 nitrogen and oxygen atoms in total. The number of amidine groups is 1. The van der Waals surface area contributed by atoms with Crippen LogP contribution in [0, 0.1) is 5.41 Å². The molecule has 0 aliphatic carbocycles. The molecule has 10 heteroatoms. The number of fused-ring (bicyclic) bond motifs is 1. The number of sulfonamides is 1. The van der Waals surface area contributed by atoms with Crippen LogP contribution in [-0.4, -0.2) is 39.2 Å². The minimum atomic E-state index is -3.49. The van der Waals surface area contributed by atoms with E-state index >= 15 is 0 Å². The summed E-state index contributed by atoms with van der Waals surface area (Å²) in [6, 6.07) is 18.6. The molecule has 1 heterocycles. The molecular weight excluding hydrogens is 495 g/mol. The summed E-state index contributed by atoms with van der Waals surface area (Å²) in [6.07, 6.45) is 1.11. The predicted octanol–water partition coefficient (Wildman–Crippen LogP) is 4.06. The van der Waals surface area contributed by atoms with Gasteiger partial charge in [-0.3, -0.25) is 9.71 Å². The van der Waals surface area contributed by atoms with Crippen molar-refractivity contribution < 1.29 is 13.2 Å². The fourth-order valence-corrected chi connectivity index (χ4v) is 4.95. The zero-order chi connectivity index (χ0) is 22.7. The maximum absolute atomic E-state index is 12.9. The second-order valence-corrected chi connectivity index (χ2v) is 10.1. The number of hydrogen-bond acceptors (Lipinski definition) is 5. The number of benzene rings is 3. The first kappa shape index (κ1) is 27.7. The lowest BCUT2D eigenvalue weighted by atomic mass is 10.0. The Labute approximate surface area is 213 Å². The van der Waals surface area contributed by atoms with E-state index in [1.807, 2.05) is 48.5 Å². The van der Waals surface area contributed by atoms with Gasteiger partial charge in [0.2, 0.25) is 10.0 Å². The Morgan fingerprint density at radius 2 is 1.79 bits per heavy atom. The predicted molar refractivity (Wildman–Crippen MR) is 143 cm³/mol. The Morgan fingerprint density at radius 1 is 1.09 bits per heavy atom. The third-order valence-electron chi connectivity index (χ3n) is 5.68. The van der Waals surface area contributed by atoms with Gasteiger partial charge in [-0.05, 0) is 72.6 Å². The quantitative estimate of drug-likeness (QED) is 0.304. The van der Waals surface area contributed by atoms with Crippen molar-refractivity contribution in [2.75, 3.05) is 23.1 Å². The van der Waals surface area contributed by atoms with Crippen molar-refractivity contribution in [3.8, 4) is 5.75 Å². The maximum Gasteiger partial charge on any atom is 0.235 e. The van der Waals surface area contributed by atoms with E-state index < -0.39 is 10.0 Å². The normalized spacial score (nSPS) is 15.3. The van der Waals surface area contributed by atoms with E-state index in [9.17, 15) is 8.42 Å². The van der Waals surface area contributed by atoms with Crippen molar-refractivity contribution in [3.05, 3.63) is 71.8 Å². The second kappa shape index (κ2) is 11.8. The van der Waals surface area contributed by atoms with Gasteiger partial charge in [0.1, 0.15) is 17.7 Å². The first-order chi connectivity index (χ1) is 15.4. The summed E-state index contributed by atoms with van der Waals surface area (Å²) in [5.74, 6) is 0.739. The molecule has 1 unspecified atom stereocenters. The van der Waals surface area contributed by atoms with Crippen LogP contribution in [0.2, 0.25) is 0 Å². The minimum absolute atomic E-state index is 0. The molecule has 0 amide bonds. The average Bonchev–Trinajstić information content (AvgIpc) is 3.30. The summed E-state index contributed by atoms with van der Waals surface area (Å²) in [6.45, 7) is 3.63. The molecule has 0 aromatic heterocycles. The lowest BCUT2D eigenvalue weighted by Crippen LogP contribution is -2.31. The zero-order valence-corrected chi connectivity index (χ0v) is 21.3. The summed E-state index contributed by atoms with van der Waals surface area (Å²) in [5.41, 5.74) is 7.71. The third kappa shape index (κ3) is 6.33. The Kier molecular flexibility index (Phi) is 9.58. The third-order valence-corrected chi connectivity index (χ3v) is 7.43. The molecule has 1 fully saturated rings. The van der Waals surface area contributed by atoms with Crippen LogP contribution in [0.25, 0.3) is 10.8 Å². The van der Waals surface area contributed by atoms with Crippen LogP contribution in [-0.2, 0) is 16.6 Å². The van der Waals surface area contributed by atoms with Crippen LogP contribution < -0.4 is 20.1 Å². The fraction of sp³-hybridized carbons (Fsp3) is 0.292. The fourth-order valence-electron chi connectivity index (χ4n) is 3.85. The molecule has 0 spiro atoms. The van der Waals surface area contributed by atoms with Gasteiger partial charge in [0.25, 0.3) is 0 Å². The highest BCUT2D eigenvalue weighted by Gasteiger charge is 2.22. The summed E-state index contributed by atoms with van der Waals surface area (Å²) in [5, 5.41) is 12.8. The number of anilines is 1. The van der Waals surface area contributed by atoms with Gasteiger partial charge in [0.15, 0.2) is 0 Å². The van der Waals surface area contributed by atoms with Gasteiger partial charge < -0.3 is 15.8 Å². The second-order valence-electron chi connectivity index (χ2n) is 7.94. The smallest absolute Gasteiger partial charge is 0.235 e. The van der Waals surface area contributed by atoms with E-state index in [-0.39, 0.29) is 49.1 Å². The number of nitrogen functional groups attached to an aromatic ring is 1. The molecule has 0 bridgehead atoms. The lowest BCUT2D eigenvalue weighted by molar-refractivity contribution is 0.223. The van der Waals surface area contributed by atoms with Crippen molar-refractivity contribution >= 4 is 57.1 Å². The molecule has 1 aliphatic rings.